The highest BCUT2D eigenvalue weighted by Gasteiger charge is 2.19. The molecule has 0 saturated carbocycles. The van der Waals surface area contributed by atoms with E-state index in [1.165, 1.54) is 11.8 Å². The predicted octanol–water partition coefficient (Wildman–Crippen LogP) is 7.75. The van der Waals surface area contributed by atoms with Gasteiger partial charge in [0.25, 0.3) is 5.56 Å². The van der Waals surface area contributed by atoms with Crippen LogP contribution in [0.1, 0.15) is 48.9 Å². The Morgan fingerprint density at radius 2 is 1.83 bits per heavy atom. The van der Waals surface area contributed by atoms with E-state index in [1.54, 1.807) is 24.4 Å². The molecule has 0 aliphatic carbocycles. The fraction of sp³-hybridized carbons (Fsp3) is 0.250. The van der Waals surface area contributed by atoms with Crippen LogP contribution in [0.25, 0.3) is 22.3 Å². The first-order valence-corrected chi connectivity index (χ1v) is 15.4. The summed E-state index contributed by atoms with van der Waals surface area (Å²) in [6, 6.07) is 20.4. The van der Waals surface area contributed by atoms with Crippen molar-refractivity contribution in [3.05, 3.63) is 104 Å². The molecule has 1 aliphatic rings. The minimum Gasteiger partial charge on any atom is -0.494 e. The number of methoxy groups -OCH3 is 1. The van der Waals surface area contributed by atoms with Gasteiger partial charge in [-0.1, -0.05) is 43.6 Å². The van der Waals surface area contributed by atoms with Crippen LogP contribution >= 0.6 is 11.6 Å². The molecule has 0 N–H and O–H groups in total. The maximum atomic E-state index is 13.9. The Hall–Kier alpha value is -5.02. The number of rotatable bonds is 10. The third-order valence-electron chi connectivity index (χ3n) is 7.67. The van der Waals surface area contributed by atoms with E-state index in [2.05, 4.69) is 18.9 Å². The zero-order valence-corrected chi connectivity index (χ0v) is 27.1. The molecule has 4 aromatic carbocycles. The second-order valence-electron chi connectivity index (χ2n) is 11.1. The van der Waals surface area contributed by atoms with Gasteiger partial charge in [-0.05, 0) is 90.6 Å². The maximum absolute atomic E-state index is 13.9. The number of aryl methyl sites for hydroxylation is 1. The van der Waals surface area contributed by atoms with Gasteiger partial charge in [-0.25, -0.2) is 4.98 Å². The molecule has 0 bridgehead atoms. The molecule has 0 atom stereocenters. The lowest BCUT2D eigenvalue weighted by atomic mass is 9.96. The van der Waals surface area contributed by atoms with Gasteiger partial charge in [-0.3, -0.25) is 4.79 Å². The molecule has 236 valence electrons. The van der Waals surface area contributed by atoms with Crippen LogP contribution in [0.3, 0.4) is 0 Å². The third-order valence-corrected chi connectivity index (χ3v) is 7.95. The van der Waals surface area contributed by atoms with Gasteiger partial charge in [-0.15, -0.1) is 0 Å². The lowest BCUT2D eigenvalue weighted by Crippen LogP contribution is -2.21. The second kappa shape index (κ2) is 13.1. The van der Waals surface area contributed by atoms with E-state index in [0.29, 0.717) is 56.9 Å². The van der Waals surface area contributed by atoms with Gasteiger partial charge >= 0.3 is 0 Å². The number of benzene rings is 4. The molecule has 1 aliphatic heterocycles. The van der Waals surface area contributed by atoms with E-state index in [4.69, 9.17) is 40.3 Å². The van der Waals surface area contributed by atoms with Gasteiger partial charge in [0, 0.05) is 5.56 Å². The summed E-state index contributed by atoms with van der Waals surface area (Å²) in [4.78, 5) is 18.8. The number of fused-ring (bicyclic) bond motifs is 2. The average molecular weight is 640 g/mol. The third kappa shape index (κ3) is 6.10. The van der Waals surface area contributed by atoms with Crippen molar-refractivity contribution in [3.8, 4) is 40.1 Å². The number of halogens is 1. The summed E-state index contributed by atoms with van der Waals surface area (Å²) in [5, 5.41) is 5.44. The van der Waals surface area contributed by atoms with Crippen LogP contribution in [0.15, 0.2) is 76.6 Å². The highest BCUT2D eigenvalue weighted by atomic mass is 35.5. The number of hydrogen-bond donors (Lipinski definition) is 0. The maximum Gasteiger partial charge on any atom is 0.282 e. The summed E-state index contributed by atoms with van der Waals surface area (Å²) in [5.41, 5.74) is 4.50. The first kappa shape index (κ1) is 31.0. The Morgan fingerprint density at radius 3 is 2.61 bits per heavy atom. The van der Waals surface area contributed by atoms with Crippen molar-refractivity contribution >= 4 is 28.7 Å². The Morgan fingerprint density at radius 1 is 1.02 bits per heavy atom. The molecule has 0 saturated heterocycles. The van der Waals surface area contributed by atoms with Gasteiger partial charge in [0.2, 0.25) is 6.79 Å². The van der Waals surface area contributed by atoms with Crippen LogP contribution in [-0.2, 0) is 6.61 Å². The summed E-state index contributed by atoms with van der Waals surface area (Å²) in [6.07, 6.45) is 1.56. The van der Waals surface area contributed by atoms with Gasteiger partial charge < -0.3 is 23.7 Å². The Kier molecular flexibility index (Phi) is 8.85. The summed E-state index contributed by atoms with van der Waals surface area (Å²) in [7, 11) is 1.54. The van der Waals surface area contributed by atoms with Crippen molar-refractivity contribution < 1.29 is 23.7 Å². The molecule has 0 radical (unpaired) electrons. The fourth-order valence-corrected chi connectivity index (χ4v) is 5.61. The van der Waals surface area contributed by atoms with Crippen molar-refractivity contribution in [1.82, 2.24) is 9.66 Å². The number of nitrogens with zero attached hydrogens (tertiary/aromatic N) is 3. The smallest absolute Gasteiger partial charge is 0.282 e. The minimum atomic E-state index is -0.294. The quantitative estimate of drug-likeness (QED) is 0.144. The molecule has 46 heavy (non-hydrogen) atoms. The zero-order chi connectivity index (χ0) is 32.4. The minimum absolute atomic E-state index is 0.186. The van der Waals surface area contributed by atoms with Crippen molar-refractivity contribution in [1.29, 1.82) is 0 Å². The van der Waals surface area contributed by atoms with E-state index in [1.807, 2.05) is 62.4 Å². The van der Waals surface area contributed by atoms with E-state index in [0.717, 1.165) is 28.0 Å². The monoisotopic (exact) mass is 639 g/mol. The van der Waals surface area contributed by atoms with Gasteiger partial charge in [0.05, 0.1) is 35.9 Å². The molecule has 5 aromatic rings. The van der Waals surface area contributed by atoms with Crippen LogP contribution in [0.2, 0.25) is 5.02 Å². The van der Waals surface area contributed by atoms with Gasteiger partial charge in [0.15, 0.2) is 28.8 Å². The Bertz CT molecular complexity index is 2020. The predicted molar refractivity (Wildman–Crippen MR) is 179 cm³/mol. The highest BCUT2D eigenvalue weighted by molar-refractivity contribution is 6.32. The van der Waals surface area contributed by atoms with E-state index in [-0.39, 0.29) is 24.9 Å². The number of para-hydroxylation sites is 1. The van der Waals surface area contributed by atoms with E-state index >= 15 is 0 Å². The summed E-state index contributed by atoms with van der Waals surface area (Å²) < 4.78 is 29.8. The molecule has 0 fully saturated rings. The largest absolute Gasteiger partial charge is 0.494 e. The van der Waals surface area contributed by atoms with E-state index < -0.39 is 0 Å². The van der Waals surface area contributed by atoms with Gasteiger partial charge in [-0.2, -0.15) is 9.78 Å². The molecule has 1 aromatic heterocycles. The Labute approximate surface area is 271 Å². The van der Waals surface area contributed by atoms with Crippen LogP contribution in [0.4, 0.5) is 0 Å². The highest BCUT2D eigenvalue weighted by Crippen LogP contribution is 2.38. The zero-order valence-electron chi connectivity index (χ0n) is 26.3. The summed E-state index contributed by atoms with van der Waals surface area (Å²) >= 11 is 6.70. The number of aromatic nitrogens is 2. The van der Waals surface area contributed by atoms with Gasteiger partial charge in [0.1, 0.15) is 12.4 Å². The van der Waals surface area contributed by atoms with Crippen molar-refractivity contribution in [2.45, 2.75) is 40.2 Å². The van der Waals surface area contributed by atoms with Crippen LogP contribution in [-0.4, -0.2) is 36.4 Å². The number of hydrogen-bond acceptors (Lipinski definition) is 8. The molecule has 0 spiro atoms. The van der Waals surface area contributed by atoms with Crippen LogP contribution in [0.5, 0.6) is 28.7 Å². The average Bonchev–Trinajstić information content (AvgIpc) is 3.52. The molecule has 0 unspecified atom stereocenters. The van der Waals surface area contributed by atoms with E-state index in [9.17, 15) is 4.79 Å². The molecule has 6 rings (SSSR count). The Balaban J connectivity index is 1.38. The van der Waals surface area contributed by atoms with Crippen LogP contribution < -0.4 is 29.2 Å². The first-order chi connectivity index (χ1) is 22.3. The first-order valence-electron chi connectivity index (χ1n) is 15.0. The van der Waals surface area contributed by atoms with Crippen molar-refractivity contribution in [3.63, 3.8) is 0 Å². The fourth-order valence-electron chi connectivity index (χ4n) is 5.34. The SMILES string of the molecule is CCOc1cc(C)c(-c2nc3ccccc3c(=O)n2N=Cc2cc(Cl)c(OCc3ccc4c(c3)OCO4)c(OC)c2)cc1C(C)C. The summed E-state index contributed by atoms with van der Waals surface area (Å²) in [6.45, 7) is 9.14. The normalized spacial score (nSPS) is 12.3. The summed E-state index contributed by atoms with van der Waals surface area (Å²) in [5.74, 6) is 3.60. The lowest BCUT2D eigenvalue weighted by Gasteiger charge is -2.18. The molecule has 9 nitrogen and oxygen atoms in total. The molecule has 0 amide bonds. The standard InChI is InChI=1S/C36H34ClN3O6/c1-6-43-31-13-22(4)27(17-26(31)21(2)3)35-39-29-10-8-7-9-25(29)36(41)40(35)38-18-24-14-28(37)34(33(16-24)42-5)44-19-23-11-12-30-32(15-23)46-20-45-30/h7-18,21H,6,19-20H2,1-5H3. The lowest BCUT2D eigenvalue weighted by molar-refractivity contribution is 0.174. The molecular weight excluding hydrogens is 606 g/mol. The van der Waals surface area contributed by atoms with Crippen LogP contribution in [0, 0.1) is 6.92 Å². The number of ether oxygens (including phenoxy) is 5. The molecular formula is C36H34ClN3O6. The topological polar surface area (TPSA) is 93.4 Å². The van der Waals surface area contributed by atoms with Crippen molar-refractivity contribution in [2.75, 3.05) is 20.5 Å². The molecule has 10 heteroatoms. The second-order valence-corrected chi connectivity index (χ2v) is 11.5. The molecule has 2 heterocycles. The van der Waals surface area contributed by atoms with Crippen molar-refractivity contribution in [2.24, 2.45) is 5.10 Å².